The van der Waals surface area contributed by atoms with Crippen LogP contribution < -0.4 is 0 Å². The Bertz CT molecular complexity index is 756. The maximum absolute atomic E-state index is 13.7. The molecule has 3 rings (SSSR count). The normalized spacial score (nSPS) is 39.7. The van der Waals surface area contributed by atoms with Gasteiger partial charge < -0.3 is 9.84 Å². The number of Topliss-reactive ketones (excluding diaryl/α,β-unsaturated/α-hetero) is 2. The van der Waals surface area contributed by atoms with Crippen molar-refractivity contribution < 1.29 is 24.2 Å². The molecule has 0 unspecified atom stereocenters. The van der Waals surface area contributed by atoms with Crippen molar-refractivity contribution in [2.24, 2.45) is 22.7 Å². The third-order valence-corrected chi connectivity index (χ3v) is 7.16. The van der Waals surface area contributed by atoms with Gasteiger partial charge in [0.2, 0.25) is 11.4 Å². The fourth-order valence-corrected chi connectivity index (χ4v) is 5.62. The van der Waals surface area contributed by atoms with Crippen LogP contribution in [0.15, 0.2) is 23.0 Å². The Labute approximate surface area is 148 Å². The molecular formula is C20H26O5. The monoisotopic (exact) mass is 346 g/mol. The molecule has 3 aliphatic rings. The maximum Gasteiger partial charge on any atom is 0.334 e. The van der Waals surface area contributed by atoms with Gasteiger partial charge in [0.25, 0.3) is 0 Å². The van der Waals surface area contributed by atoms with Gasteiger partial charge in [-0.1, -0.05) is 26.8 Å². The van der Waals surface area contributed by atoms with Gasteiger partial charge in [-0.15, -0.1) is 0 Å². The van der Waals surface area contributed by atoms with Crippen LogP contribution in [0.1, 0.15) is 54.4 Å². The Balaban J connectivity index is 2.31. The lowest BCUT2D eigenvalue weighted by molar-refractivity contribution is -0.171. The highest BCUT2D eigenvalue weighted by Crippen LogP contribution is 2.71. The molecule has 0 aromatic carbocycles. The number of ketones is 2. The number of hydrogen-bond acceptors (Lipinski definition) is 5. The molecule has 0 radical (unpaired) electrons. The molecule has 2 fully saturated rings. The molecule has 0 amide bonds. The summed E-state index contributed by atoms with van der Waals surface area (Å²) in [5.41, 5.74) is -3.09. The van der Waals surface area contributed by atoms with Crippen LogP contribution in [-0.4, -0.2) is 28.2 Å². The van der Waals surface area contributed by atoms with E-state index in [0.717, 1.165) is 6.42 Å². The molecule has 5 heteroatoms. The number of aliphatic hydroxyl groups is 1. The Morgan fingerprint density at radius 2 is 1.88 bits per heavy atom. The number of hydrogen-bond donors (Lipinski definition) is 1. The van der Waals surface area contributed by atoms with Gasteiger partial charge in [-0.3, -0.25) is 9.59 Å². The second-order valence-electron chi connectivity index (χ2n) is 8.30. The van der Waals surface area contributed by atoms with Crippen LogP contribution in [0.5, 0.6) is 0 Å². The van der Waals surface area contributed by atoms with E-state index in [4.69, 9.17) is 4.74 Å². The molecule has 0 aromatic heterocycles. The summed E-state index contributed by atoms with van der Waals surface area (Å²) in [6, 6.07) is 0. The molecule has 25 heavy (non-hydrogen) atoms. The third-order valence-electron chi connectivity index (χ3n) is 7.16. The van der Waals surface area contributed by atoms with E-state index in [9.17, 15) is 19.5 Å². The third kappa shape index (κ3) is 1.67. The van der Waals surface area contributed by atoms with Gasteiger partial charge in [0.1, 0.15) is 5.41 Å². The van der Waals surface area contributed by atoms with E-state index in [1.165, 1.54) is 6.92 Å². The quantitative estimate of drug-likeness (QED) is 0.471. The predicted octanol–water partition coefficient (Wildman–Crippen LogP) is 3.29. The topological polar surface area (TPSA) is 80.7 Å². The zero-order valence-electron chi connectivity index (χ0n) is 15.7. The van der Waals surface area contributed by atoms with Crippen molar-refractivity contribution >= 4 is 17.5 Å². The number of fused-ring (bicyclic) bond motifs is 1. The summed E-state index contributed by atoms with van der Waals surface area (Å²) in [5, 5.41) is 10.6. The van der Waals surface area contributed by atoms with Gasteiger partial charge in [-0.2, -0.15) is 0 Å². The second-order valence-corrected chi connectivity index (χ2v) is 8.30. The van der Waals surface area contributed by atoms with E-state index in [1.807, 2.05) is 20.8 Å². The van der Waals surface area contributed by atoms with Crippen molar-refractivity contribution in [2.45, 2.75) is 60.0 Å². The molecule has 2 bridgehead atoms. The first kappa shape index (κ1) is 17.9. The standard InChI is InChI=1S/C20H26O5/c1-7-10(2)16(23)25-20-12(4)14(21)15(22)19(17(20)24)11(3)8-9-13(19)18(20,5)6/h7,11,13,21H,8-9H2,1-6H3/b10-7+/t11-,13+,19+,20+/m1/s1. The minimum atomic E-state index is -1.59. The first-order valence-corrected chi connectivity index (χ1v) is 8.87. The average Bonchev–Trinajstić information content (AvgIpc) is 2.97. The zero-order valence-corrected chi connectivity index (χ0v) is 15.7. The smallest absolute Gasteiger partial charge is 0.334 e. The van der Waals surface area contributed by atoms with E-state index in [2.05, 4.69) is 0 Å². The lowest BCUT2D eigenvalue weighted by Gasteiger charge is -2.43. The van der Waals surface area contributed by atoms with Crippen molar-refractivity contribution in [1.82, 2.24) is 0 Å². The summed E-state index contributed by atoms with van der Waals surface area (Å²) >= 11 is 0. The number of esters is 1. The molecule has 4 atom stereocenters. The summed E-state index contributed by atoms with van der Waals surface area (Å²) in [6.07, 6.45) is 3.07. The van der Waals surface area contributed by atoms with Crippen molar-refractivity contribution in [3.05, 3.63) is 23.0 Å². The van der Waals surface area contributed by atoms with Gasteiger partial charge in [0.15, 0.2) is 11.5 Å². The highest BCUT2D eigenvalue weighted by Gasteiger charge is 2.82. The lowest BCUT2D eigenvalue weighted by atomic mass is 9.65. The summed E-state index contributed by atoms with van der Waals surface area (Å²) in [5.74, 6) is -2.28. The number of ether oxygens (including phenoxy) is 1. The largest absolute Gasteiger partial charge is 0.504 e. The van der Waals surface area contributed by atoms with Crippen LogP contribution in [0.4, 0.5) is 0 Å². The van der Waals surface area contributed by atoms with E-state index in [0.29, 0.717) is 12.0 Å². The highest BCUT2D eigenvalue weighted by atomic mass is 16.6. The van der Waals surface area contributed by atoms with Crippen molar-refractivity contribution in [3.63, 3.8) is 0 Å². The lowest BCUT2D eigenvalue weighted by Crippen LogP contribution is -2.58. The second kappa shape index (κ2) is 5.05. The van der Waals surface area contributed by atoms with Crippen LogP contribution in [0.2, 0.25) is 0 Å². The molecule has 2 saturated carbocycles. The average molecular weight is 346 g/mol. The minimum Gasteiger partial charge on any atom is -0.504 e. The van der Waals surface area contributed by atoms with Crippen molar-refractivity contribution in [1.29, 1.82) is 0 Å². The number of aliphatic hydroxyl groups excluding tert-OH is 1. The van der Waals surface area contributed by atoms with Crippen LogP contribution in [0, 0.1) is 22.7 Å². The first-order chi connectivity index (χ1) is 11.5. The Kier molecular flexibility index (Phi) is 3.62. The van der Waals surface area contributed by atoms with Crippen molar-refractivity contribution in [3.8, 4) is 0 Å². The molecule has 5 nitrogen and oxygen atoms in total. The fourth-order valence-electron chi connectivity index (χ4n) is 5.62. The molecule has 0 aliphatic heterocycles. The van der Waals surface area contributed by atoms with E-state index >= 15 is 0 Å². The Hall–Kier alpha value is -1.91. The first-order valence-electron chi connectivity index (χ1n) is 8.87. The van der Waals surface area contributed by atoms with E-state index in [1.54, 1.807) is 19.9 Å². The molecular weight excluding hydrogens is 320 g/mol. The molecule has 0 heterocycles. The van der Waals surface area contributed by atoms with Gasteiger partial charge >= 0.3 is 5.97 Å². The van der Waals surface area contributed by atoms with Gasteiger partial charge in [-0.25, -0.2) is 4.79 Å². The van der Waals surface area contributed by atoms with Gasteiger partial charge in [0, 0.05) is 16.6 Å². The van der Waals surface area contributed by atoms with Crippen molar-refractivity contribution in [2.75, 3.05) is 0 Å². The number of rotatable bonds is 2. The van der Waals surface area contributed by atoms with E-state index < -0.39 is 33.9 Å². The Morgan fingerprint density at radius 1 is 1.28 bits per heavy atom. The molecule has 1 N–H and O–H groups in total. The van der Waals surface area contributed by atoms with Gasteiger partial charge in [0.05, 0.1) is 0 Å². The SMILES string of the molecule is C/C=C(\C)C(=O)O[C@]12C(=O)[C@@]3(C(=O)C(O)=C1C)[C@H](C)CC[C@H]3C2(C)C. The molecule has 0 saturated heterocycles. The number of allylic oxidation sites excluding steroid dienone is 2. The summed E-state index contributed by atoms with van der Waals surface area (Å²) in [7, 11) is 0. The molecule has 0 aromatic rings. The van der Waals surface area contributed by atoms with Crippen LogP contribution in [0.3, 0.4) is 0 Å². The number of carbonyl (C=O) groups excluding carboxylic acids is 3. The minimum absolute atomic E-state index is 0.164. The Morgan fingerprint density at radius 3 is 2.44 bits per heavy atom. The molecule has 136 valence electrons. The fraction of sp³-hybridized carbons (Fsp3) is 0.650. The number of carbonyl (C=O) groups is 3. The zero-order chi connectivity index (χ0) is 18.9. The van der Waals surface area contributed by atoms with E-state index in [-0.39, 0.29) is 23.2 Å². The van der Waals surface area contributed by atoms with Gasteiger partial charge in [-0.05, 0) is 45.4 Å². The van der Waals surface area contributed by atoms with Crippen LogP contribution in [0.25, 0.3) is 0 Å². The summed E-state index contributed by atoms with van der Waals surface area (Å²) in [6.45, 7) is 10.5. The summed E-state index contributed by atoms with van der Waals surface area (Å²) < 4.78 is 5.83. The molecule has 1 spiro atoms. The highest BCUT2D eigenvalue weighted by molar-refractivity contribution is 6.23. The maximum atomic E-state index is 13.7. The summed E-state index contributed by atoms with van der Waals surface area (Å²) in [4.78, 5) is 39.3. The predicted molar refractivity (Wildman–Crippen MR) is 91.7 cm³/mol. The van der Waals surface area contributed by atoms with Crippen LogP contribution >= 0.6 is 0 Å². The molecule has 3 aliphatic carbocycles. The van der Waals surface area contributed by atoms with Crippen LogP contribution in [-0.2, 0) is 19.1 Å².